The van der Waals surface area contributed by atoms with Crippen LogP contribution in [-0.4, -0.2) is 26.2 Å². The zero-order valence-corrected chi connectivity index (χ0v) is 18.0. The van der Waals surface area contributed by atoms with Crippen LogP contribution in [0.1, 0.15) is 18.1 Å². The Morgan fingerprint density at radius 2 is 1.40 bits per heavy atom. The highest BCUT2D eigenvalue weighted by molar-refractivity contribution is 5.85. The molecule has 0 spiro atoms. The van der Waals surface area contributed by atoms with Crippen LogP contribution in [0.5, 0.6) is 23.0 Å². The van der Waals surface area contributed by atoms with Crippen LogP contribution in [-0.2, 0) is 0 Å². The summed E-state index contributed by atoms with van der Waals surface area (Å²) in [6.07, 6.45) is -0.425. The molecule has 1 unspecified atom stereocenters. The summed E-state index contributed by atoms with van der Waals surface area (Å²) in [5.41, 5.74) is 3.19. The number of nitrogens with zero attached hydrogens (tertiary/aromatic N) is 1. The van der Waals surface area contributed by atoms with E-state index in [4.69, 9.17) is 23.9 Å². The van der Waals surface area contributed by atoms with Gasteiger partial charge in [0.15, 0.2) is 6.10 Å². The van der Waals surface area contributed by atoms with E-state index in [1.807, 2.05) is 73.7 Å². The number of hydrogen-bond acceptors (Lipinski definition) is 5. The summed E-state index contributed by atoms with van der Waals surface area (Å²) in [5, 5.41) is 0. The first-order valence-corrected chi connectivity index (χ1v) is 9.77. The highest BCUT2D eigenvalue weighted by Gasteiger charge is 2.17. The van der Waals surface area contributed by atoms with E-state index in [0.29, 0.717) is 23.1 Å². The van der Waals surface area contributed by atoms with Gasteiger partial charge in [0.05, 0.1) is 19.9 Å². The van der Waals surface area contributed by atoms with Crippen LogP contribution >= 0.6 is 0 Å². The second-order valence-electron chi connectivity index (χ2n) is 6.94. The van der Waals surface area contributed by atoms with Gasteiger partial charge in [-0.2, -0.15) is 0 Å². The van der Waals surface area contributed by atoms with Gasteiger partial charge in [-0.1, -0.05) is 12.1 Å². The van der Waals surface area contributed by atoms with Crippen molar-refractivity contribution in [3.63, 3.8) is 0 Å². The molecule has 156 valence electrons. The van der Waals surface area contributed by atoms with Crippen LogP contribution in [0.3, 0.4) is 0 Å². The third-order valence-corrected chi connectivity index (χ3v) is 4.71. The molecule has 3 rings (SSSR count). The van der Waals surface area contributed by atoms with Crippen LogP contribution in [0.4, 0.5) is 5.69 Å². The standard InChI is InChI=1S/C25H27NO4/c1-17-9-10-20(15-18(17)2)26-25(30-24-8-6-7-23(16-24)28-5)19(3)29-22-13-11-21(27-4)12-14-22/h6-16,19H,1-5H3. The fourth-order valence-electron chi connectivity index (χ4n) is 2.81. The second-order valence-corrected chi connectivity index (χ2v) is 6.94. The van der Waals surface area contributed by atoms with Gasteiger partial charge >= 0.3 is 0 Å². The van der Waals surface area contributed by atoms with E-state index in [9.17, 15) is 0 Å². The summed E-state index contributed by atoms with van der Waals surface area (Å²) < 4.78 is 22.7. The second kappa shape index (κ2) is 9.83. The van der Waals surface area contributed by atoms with Gasteiger partial charge in [-0.3, -0.25) is 0 Å². The molecule has 0 saturated heterocycles. The van der Waals surface area contributed by atoms with Gasteiger partial charge in [0.2, 0.25) is 5.90 Å². The number of aliphatic imine (C=N–C) groups is 1. The molecule has 0 aliphatic rings. The molecule has 3 aromatic carbocycles. The maximum absolute atomic E-state index is 6.13. The normalized spacial score (nSPS) is 12.2. The van der Waals surface area contributed by atoms with Crippen molar-refractivity contribution >= 4 is 11.6 Å². The lowest BCUT2D eigenvalue weighted by Crippen LogP contribution is -2.28. The first-order chi connectivity index (χ1) is 14.5. The van der Waals surface area contributed by atoms with Crippen molar-refractivity contribution in [3.8, 4) is 23.0 Å². The molecule has 0 heterocycles. The highest BCUT2D eigenvalue weighted by Crippen LogP contribution is 2.24. The monoisotopic (exact) mass is 405 g/mol. The minimum Gasteiger partial charge on any atom is -0.497 e. The van der Waals surface area contributed by atoms with E-state index in [0.717, 1.165) is 11.4 Å². The molecule has 0 aromatic heterocycles. The smallest absolute Gasteiger partial charge is 0.236 e. The third kappa shape index (κ3) is 5.54. The predicted octanol–water partition coefficient (Wildman–Crippen LogP) is 5.90. The largest absolute Gasteiger partial charge is 0.497 e. The van der Waals surface area contributed by atoms with Crippen molar-refractivity contribution in [2.45, 2.75) is 26.9 Å². The van der Waals surface area contributed by atoms with Gasteiger partial charge in [-0.15, -0.1) is 0 Å². The van der Waals surface area contributed by atoms with Gasteiger partial charge in [0, 0.05) is 6.07 Å². The summed E-state index contributed by atoms with van der Waals surface area (Å²) in [6.45, 7) is 6.05. The molecular weight excluding hydrogens is 378 g/mol. The summed E-state index contributed by atoms with van der Waals surface area (Å²) in [5.74, 6) is 3.25. The maximum atomic E-state index is 6.13. The van der Waals surface area contributed by atoms with Gasteiger partial charge < -0.3 is 18.9 Å². The number of ether oxygens (including phenoxy) is 4. The van der Waals surface area contributed by atoms with Gasteiger partial charge in [0.1, 0.15) is 23.0 Å². The number of benzene rings is 3. The quantitative estimate of drug-likeness (QED) is 0.363. The van der Waals surface area contributed by atoms with Crippen LogP contribution in [0, 0.1) is 13.8 Å². The van der Waals surface area contributed by atoms with E-state index in [-0.39, 0.29) is 0 Å². The van der Waals surface area contributed by atoms with E-state index < -0.39 is 6.10 Å². The van der Waals surface area contributed by atoms with Crippen LogP contribution in [0.25, 0.3) is 0 Å². The van der Waals surface area contributed by atoms with Gasteiger partial charge in [-0.05, 0) is 80.4 Å². The molecule has 0 N–H and O–H groups in total. The summed E-state index contributed by atoms with van der Waals surface area (Å²) in [7, 11) is 3.26. The van der Waals surface area contributed by atoms with Crippen molar-refractivity contribution < 1.29 is 18.9 Å². The first kappa shape index (κ1) is 21.2. The molecule has 1 atom stereocenters. The van der Waals surface area contributed by atoms with Crippen molar-refractivity contribution in [1.82, 2.24) is 0 Å². The van der Waals surface area contributed by atoms with Crippen LogP contribution in [0.2, 0.25) is 0 Å². The molecule has 0 radical (unpaired) electrons. The summed E-state index contributed by atoms with van der Waals surface area (Å²) in [6, 6.07) is 20.9. The highest BCUT2D eigenvalue weighted by atomic mass is 16.5. The Kier molecular flexibility index (Phi) is 6.96. The zero-order chi connectivity index (χ0) is 21.5. The topological polar surface area (TPSA) is 49.3 Å². The first-order valence-electron chi connectivity index (χ1n) is 9.77. The van der Waals surface area contributed by atoms with E-state index in [1.165, 1.54) is 11.1 Å². The molecule has 0 amide bonds. The lowest BCUT2D eigenvalue weighted by Gasteiger charge is -2.18. The van der Waals surface area contributed by atoms with E-state index in [2.05, 4.69) is 13.8 Å². The lowest BCUT2D eigenvalue weighted by atomic mass is 10.1. The van der Waals surface area contributed by atoms with Crippen molar-refractivity contribution in [2.75, 3.05) is 14.2 Å². The van der Waals surface area contributed by atoms with Gasteiger partial charge in [0.25, 0.3) is 0 Å². The van der Waals surface area contributed by atoms with Crippen LogP contribution in [0.15, 0.2) is 71.7 Å². The Balaban J connectivity index is 1.90. The van der Waals surface area contributed by atoms with E-state index in [1.54, 1.807) is 14.2 Å². The Bertz CT molecular complexity index is 1010. The third-order valence-electron chi connectivity index (χ3n) is 4.71. The van der Waals surface area contributed by atoms with Crippen molar-refractivity contribution in [1.29, 1.82) is 0 Å². The average Bonchev–Trinajstić information content (AvgIpc) is 2.76. The fourth-order valence-corrected chi connectivity index (χ4v) is 2.81. The van der Waals surface area contributed by atoms with E-state index >= 15 is 0 Å². The Labute approximate surface area is 177 Å². The minimum atomic E-state index is -0.425. The molecule has 30 heavy (non-hydrogen) atoms. The zero-order valence-electron chi connectivity index (χ0n) is 18.0. The Morgan fingerprint density at radius 3 is 2.07 bits per heavy atom. The number of hydrogen-bond donors (Lipinski definition) is 0. The molecule has 5 nitrogen and oxygen atoms in total. The maximum Gasteiger partial charge on any atom is 0.236 e. The molecule has 0 saturated carbocycles. The molecule has 3 aromatic rings. The average molecular weight is 405 g/mol. The minimum absolute atomic E-state index is 0.425. The van der Waals surface area contributed by atoms with Crippen LogP contribution < -0.4 is 18.9 Å². The molecule has 0 aliphatic heterocycles. The van der Waals surface area contributed by atoms with Crippen molar-refractivity contribution in [2.24, 2.45) is 4.99 Å². The van der Waals surface area contributed by atoms with Gasteiger partial charge in [-0.25, -0.2) is 4.99 Å². The molecule has 5 heteroatoms. The SMILES string of the molecule is COc1ccc(OC(C)C(=Nc2ccc(C)c(C)c2)Oc2cccc(OC)c2)cc1. The number of aryl methyl sites for hydroxylation is 2. The number of rotatable bonds is 7. The molecular formula is C25H27NO4. The van der Waals surface area contributed by atoms with Crippen molar-refractivity contribution in [3.05, 3.63) is 77.9 Å². The Morgan fingerprint density at radius 1 is 0.733 bits per heavy atom. The lowest BCUT2D eigenvalue weighted by molar-refractivity contribution is 0.262. The summed E-state index contributed by atoms with van der Waals surface area (Å²) in [4.78, 5) is 4.75. The predicted molar refractivity (Wildman–Crippen MR) is 120 cm³/mol. The molecule has 0 aliphatic carbocycles. The Hall–Kier alpha value is -3.47. The number of methoxy groups -OCH3 is 2. The molecule has 0 fully saturated rings. The summed E-state index contributed by atoms with van der Waals surface area (Å²) >= 11 is 0. The molecule has 0 bridgehead atoms. The fraction of sp³-hybridized carbons (Fsp3) is 0.240.